The first-order valence-corrected chi connectivity index (χ1v) is 5.76. The van der Waals surface area contributed by atoms with Crippen LogP contribution in [0.5, 0.6) is 0 Å². The van der Waals surface area contributed by atoms with E-state index >= 15 is 0 Å². The molecule has 3 rings (SSSR count). The number of aromatic nitrogens is 2. The predicted octanol–water partition coefficient (Wildman–Crippen LogP) is 2.54. The van der Waals surface area contributed by atoms with Gasteiger partial charge in [0.1, 0.15) is 5.82 Å². The van der Waals surface area contributed by atoms with E-state index < -0.39 is 0 Å². The third-order valence-corrected chi connectivity index (χ3v) is 3.14. The van der Waals surface area contributed by atoms with Crippen LogP contribution in [0, 0.1) is 0 Å². The lowest BCUT2D eigenvalue weighted by atomic mass is 10.0. The van der Waals surface area contributed by atoms with Gasteiger partial charge in [-0.2, -0.15) is 0 Å². The lowest BCUT2D eigenvalue weighted by molar-refractivity contribution is 0.667. The normalized spacial score (nSPS) is 14.8. The van der Waals surface area contributed by atoms with E-state index in [-0.39, 0.29) is 0 Å². The van der Waals surface area contributed by atoms with Crippen molar-refractivity contribution < 1.29 is 0 Å². The van der Waals surface area contributed by atoms with Gasteiger partial charge in [-0.25, -0.2) is 4.98 Å². The smallest absolute Gasteiger partial charge is 0.137 e. The van der Waals surface area contributed by atoms with E-state index in [2.05, 4.69) is 9.97 Å². The number of aromatic amines is 1. The summed E-state index contributed by atoms with van der Waals surface area (Å²) in [7, 11) is 0. The summed E-state index contributed by atoms with van der Waals surface area (Å²) in [5.74, 6) is 0.979. The van der Waals surface area contributed by atoms with E-state index in [1.54, 1.807) is 0 Å². The van der Waals surface area contributed by atoms with Crippen molar-refractivity contribution in [2.24, 2.45) is 0 Å². The van der Waals surface area contributed by atoms with Gasteiger partial charge >= 0.3 is 0 Å². The average Bonchev–Trinajstić information content (AvgIpc) is 2.73. The quantitative estimate of drug-likeness (QED) is 0.715. The standard InChI is InChI=1S/C13H15N3/c14-10-7-5-9(6-8-10)13-15-11-3-1-2-4-12(11)16-13/h5-8H,1-4,14H2,(H,15,16). The fraction of sp³-hybridized carbons (Fsp3) is 0.308. The van der Waals surface area contributed by atoms with Crippen molar-refractivity contribution in [1.29, 1.82) is 0 Å². The maximum Gasteiger partial charge on any atom is 0.137 e. The average molecular weight is 213 g/mol. The van der Waals surface area contributed by atoms with Crippen LogP contribution in [-0.4, -0.2) is 9.97 Å². The molecule has 1 aromatic heterocycles. The Bertz CT molecular complexity index is 473. The molecule has 0 atom stereocenters. The van der Waals surface area contributed by atoms with Gasteiger partial charge < -0.3 is 10.7 Å². The number of fused-ring (bicyclic) bond motifs is 1. The number of H-pyrrole nitrogens is 1. The summed E-state index contributed by atoms with van der Waals surface area (Å²) >= 11 is 0. The van der Waals surface area contributed by atoms with Gasteiger partial charge in [-0.1, -0.05) is 0 Å². The SMILES string of the molecule is Nc1ccc(-c2nc3c([nH]2)CCCC3)cc1. The van der Waals surface area contributed by atoms with Gasteiger partial charge in [0.05, 0.1) is 5.69 Å². The summed E-state index contributed by atoms with van der Waals surface area (Å²) < 4.78 is 0. The number of benzene rings is 1. The molecule has 82 valence electrons. The lowest BCUT2D eigenvalue weighted by Crippen LogP contribution is -2.00. The minimum atomic E-state index is 0.792. The summed E-state index contributed by atoms with van der Waals surface area (Å²) in [6, 6.07) is 7.85. The Balaban J connectivity index is 2.00. The summed E-state index contributed by atoms with van der Waals surface area (Å²) in [5.41, 5.74) is 10.1. The van der Waals surface area contributed by atoms with E-state index in [4.69, 9.17) is 5.73 Å². The minimum Gasteiger partial charge on any atom is -0.399 e. The van der Waals surface area contributed by atoms with Crippen molar-refractivity contribution in [3.63, 3.8) is 0 Å². The highest BCUT2D eigenvalue weighted by Gasteiger charge is 2.14. The van der Waals surface area contributed by atoms with Crippen LogP contribution < -0.4 is 5.73 Å². The number of nitrogens with zero attached hydrogens (tertiary/aromatic N) is 1. The maximum absolute atomic E-state index is 5.67. The van der Waals surface area contributed by atoms with Crippen LogP contribution in [0.2, 0.25) is 0 Å². The molecule has 3 nitrogen and oxygen atoms in total. The molecule has 0 spiro atoms. The number of anilines is 1. The van der Waals surface area contributed by atoms with E-state index in [1.165, 1.54) is 24.2 Å². The summed E-state index contributed by atoms with van der Waals surface area (Å²) in [6.07, 6.45) is 4.79. The number of imidazole rings is 1. The lowest BCUT2D eigenvalue weighted by Gasteiger charge is -2.07. The minimum absolute atomic E-state index is 0.792. The van der Waals surface area contributed by atoms with Gasteiger partial charge in [0.25, 0.3) is 0 Å². The molecule has 3 N–H and O–H groups in total. The summed E-state index contributed by atoms with van der Waals surface area (Å²) in [6.45, 7) is 0. The van der Waals surface area contributed by atoms with Crippen molar-refractivity contribution in [3.8, 4) is 11.4 Å². The molecular weight excluding hydrogens is 198 g/mol. The molecule has 1 heterocycles. The van der Waals surface area contributed by atoms with Gasteiger partial charge in [0, 0.05) is 16.9 Å². The first-order chi connectivity index (χ1) is 7.83. The fourth-order valence-corrected chi connectivity index (χ4v) is 2.23. The predicted molar refractivity (Wildman–Crippen MR) is 65.1 cm³/mol. The second-order valence-electron chi connectivity index (χ2n) is 4.34. The molecule has 16 heavy (non-hydrogen) atoms. The molecule has 1 aliphatic carbocycles. The maximum atomic E-state index is 5.67. The fourth-order valence-electron chi connectivity index (χ4n) is 2.23. The number of nitrogens with one attached hydrogen (secondary N) is 1. The van der Waals surface area contributed by atoms with Gasteiger partial charge in [0.15, 0.2) is 0 Å². The van der Waals surface area contributed by atoms with E-state index in [1.807, 2.05) is 24.3 Å². The Kier molecular flexibility index (Phi) is 2.17. The van der Waals surface area contributed by atoms with Crippen LogP contribution in [0.3, 0.4) is 0 Å². The van der Waals surface area contributed by atoms with Crippen LogP contribution in [0.25, 0.3) is 11.4 Å². The third kappa shape index (κ3) is 1.58. The summed E-state index contributed by atoms with van der Waals surface area (Å²) in [4.78, 5) is 8.07. The Morgan fingerprint density at radius 1 is 1.06 bits per heavy atom. The van der Waals surface area contributed by atoms with E-state index in [0.29, 0.717) is 0 Å². The van der Waals surface area contributed by atoms with Crippen molar-refractivity contribution in [3.05, 3.63) is 35.7 Å². The molecule has 0 radical (unpaired) electrons. The van der Waals surface area contributed by atoms with Crippen LogP contribution in [-0.2, 0) is 12.8 Å². The van der Waals surface area contributed by atoms with Gasteiger partial charge in [0.2, 0.25) is 0 Å². The van der Waals surface area contributed by atoms with Crippen molar-refractivity contribution in [2.45, 2.75) is 25.7 Å². The van der Waals surface area contributed by atoms with Gasteiger partial charge in [-0.15, -0.1) is 0 Å². The molecule has 0 amide bonds. The molecule has 2 aromatic rings. The third-order valence-electron chi connectivity index (χ3n) is 3.14. The van der Waals surface area contributed by atoms with Crippen LogP contribution >= 0.6 is 0 Å². The molecule has 0 saturated heterocycles. The molecule has 1 aliphatic rings. The Labute approximate surface area is 94.7 Å². The molecule has 0 saturated carbocycles. The largest absolute Gasteiger partial charge is 0.399 e. The first kappa shape index (κ1) is 9.46. The number of nitrogen functional groups attached to an aromatic ring is 1. The Morgan fingerprint density at radius 3 is 2.56 bits per heavy atom. The Hall–Kier alpha value is -1.77. The second kappa shape index (κ2) is 3.67. The molecule has 0 aliphatic heterocycles. The van der Waals surface area contributed by atoms with Crippen LogP contribution in [0.15, 0.2) is 24.3 Å². The first-order valence-electron chi connectivity index (χ1n) is 5.76. The number of hydrogen-bond donors (Lipinski definition) is 2. The number of aryl methyl sites for hydroxylation is 2. The Morgan fingerprint density at radius 2 is 1.81 bits per heavy atom. The van der Waals surface area contributed by atoms with Gasteiger partial charge in [-0.3, -0.25) is 0 Å². The van der Waals surface area contributed by atoms with E-state index in [9.17, 15) is 0 Å². The molecule has 0 unspecified atom stereocenters. The molecule has 3 heteroatoms. The monoisotopic (exact) mass is 213 g/mol. The van der Waals surface area contributed by atoms with Crippen molar-refractivity contribution in [1.82, 2.24) is 9.97 Å². The highest BCUT2D eigenvalue weighted by Crippen LogP contribution is 2.24. The van der Waals surface area contributed by atoms with Crippen LogP contribution in [0.1, 0.15) is 24.2 Å². The van der Waals surface area contributed by atoms with Crippen LogP contribution in [0.4, 0.5) is 5.69 Å². The highest BCUT2D eigenvalue weighted by atomic mass is 14.9. The zero-order valence-electron chi connectivity index (χ0n) is 9.16. The topological polar surface area (TPSA) is 54.7 Å². The number of nitrogens with two attached hydrogens (primary N) is 1. The molecule has 0 fully saturated rings. The molecular formula is C13H15N3. The highest BCUT2D eigenvalue weighted by molar-refractivity contribution is 5.59. The second-order valence-corrected chi connectivity index (χ2v) is 4.34. The van der Waals surface area contributed by atoms with Gasteiger partial charge in [-0.05, 0) is 49.9 Å². The zero-order chi connectivity index (χ0) is 11.0. The molecule has 0 bridgehead atoms. The zero-order valence-corrected chi connectivity index (χ0v) is 9.16. The molecule has 1 aromatic carbocycles. The van der Waals surface area contributed by atoms with Crippen molar-refractivity contribution >= 4 is 5.69 Å². The summed E-state index contributed by atoms with van der Waals surface area (Å²) in [5, 5.41) is 0. The number of hydrogen-bond acceptors (Lipinski definition) is 2. The number of rotatable bonds is 1. The van der Waals surface area contributed by atoms with E-state index in [0.717, 1.165) is 29.9 Å². The van der Waals surface area contributed by atoms with Crippen molar-refractivity contribution in [2.75, 3.05) is 5.73 Å².